The predicted octanol–water partition coefficient (Wildman–Crippen LogP) is 0.943. The second kappa shape index (κ2) is 1.35. The number of hydrogen-bond donors (Lipinski definition) is 1. The highest BCUT2D eigenvalue weighted by atomic mass is 16.3. The van der Waals surface area contributed by atoms with Crippen molar-refractivity contribution in [2.75, 3.05) is 0 Å². The molecule has 0 aliphatic heterocycles. The summed E-state index contributed by atoms with van der Waals surface area (Å²) >= 11 is 0. The third kappa shape index (κ3) is 0.402. The Bertz CT molecular complexity index is 128. The van der Waals surface area contributed by atoms with E-state index in [0.29, 0.717) is 5.92 Å². The van der Waals surface area contributed by atoms with Crippen molar-refractivity contribution >= 4 is 0 Å². The Balaban J connectivity index is 2.08. The van der Waals surface area contributed by atoms with Crippen molar-refractivity contribution in [2.45, 2.75) is 18.9 Å². The van der Waals surface area contributed by atoms with Crippen LogP contribution in [-0.2, 0) is 0 Å². The largest absolute Gasteiger partial charge is 0.393 e. The zero-order chi connectivity index (χ0) is 5.56. The maximum atomic E-state index is 9.08. The van der Waals surface area contributed by atoms with Gasteiger partial charge in [0, 0.05) is 0 Å². The average molecular weight is 110 g/mol. The molecule has 0 spiro atoms. The molecule has 44 valence electrons. The van der Waals surface area contributed by atoms with Crippen LogP contribution in [0.2, 0.25) is 0 Å². The van der Waals surface area contributed by atoms with Gasteiger partial charge in [-0.05, 0) is 24.7 Å². The minimum atomic E-state index is 0.0231. The van der Waals surface area contributed by atoms with Crippen molar-refractivity contribution in [3.8, 4) is 0 Å². The van der Waals surface area contributed by atoms with E-state index in [1.807, 2.05) is 0 Å². The van der Waals surface area contributed by atoms with Gasteiger partial charge in [0.05, 0.1) is 6.10 Å². The number of fused-ring (bicyclic) bond motifs is 1. The van der Waals surface area contributed by atoms with E-state index in [0.717, 1.165) is 18.8 Å². The molecule has 8 heavy (non-hydrogen) atoms. The Hall–Kier alpha value is -0.300. The summed E-state index contributed by atoms with van der Waals surface area (Å²) in [4.78, 5) is 0. The lowest BCUT2D eigenvalue weighted by Crippen LogP contribution is -2.37. The molecule has 3 atom stereocenters. The van der Waals surface area contributed by atoms with Crippen molar-refractivity contribution in [3.63, 3.8) is 0 Å². The third-order valence-electron chi connectivity index (χ3n) is 2.35. The Labute approximate surface area is 49.0 Å². The maximum Gasteiger partial charge on any atom is 0.0582 e. The predicted molar refractivity (Wildman–Crippen MR) is 31.4 cm³/mol. The molecule has 1 N–H and O–H groups in total. The first kappa shape index (κ1) is 4.57. The lowest BCUT2D eigenvalue weighted by molar-refractivity contribution is -0.00322. The van der Waals surface area contributed by atoms with Crippen LogP contribution in [0.5, 0.6) is 0 Å². The first-order valence-electron chi connectivity index (χ1n) is 3.22. The highest BCUT2D eigenvalue weighted by molar-refractivity contribution is 5.09. The lowest BCUT2D eigenvalue weighted by Gasteiger charge is -2.36. The van der Waals surface area contributed by atoms with Crippen molar-refractivity contribution in [1.29, 1.82) is 0 Å². The van der Waals surface area contributed by atoms with E-state index in [1.54, 1.807) is 0 Å². The van der Waals surface area contributed by atoms with Gasteiger partial charge in [-0.25, -0.2) is 0 Å². The summed E-state index contributed by atoms with van der Waals surface area (Å²) in [6.45, 7) is 0. The van der Waals surface area contributed by atoms with E-state index < -0.39 is 0 Å². The number of allylic oxidation sites excluding steroid dienone is 2. The van der Waals surface area contributed by atoms with E-state index >= 15 is 0 Å². The minimum absolute atomic E-state index is 0.0231. The van der Waals surface area contributed by atoms with Crippen molar-refractivity contribution in [3.05, 3.63) is 12.2 Å². The summed E-state index contributed by atoms with van der Waals surface area (Å²) in [6.07, 6.45) is 6.57. The van der Waals surface area contributed by atoms with Gasteiger partial charge in [0.1, 0.15) is 0 Å². The molecule has 0 bridgehead atoms. The molecular weight excluding hydrogens is 100 g/mol. The van der Waals surface area contributed by atoms with Gasteiger partial charge < -0.3 is 5.11 Å². The molecular formula is C7H10O. The van der Waals surface area contributed by atoms with Gasteiger partial charge in [0.2, 0.25) is 0 Å². The first-order chi connectivity index (χ1) is 3.88. The molecule has 0 aromatic rings. The van der Waals surface area contributed by atoms with Gasteiger partial charge in [0.25, 0.3) is 0 Å². The molecule has 0 heterocycles. The van der Waals surface area contributed by atoms with Crippen molar-refractivity contribution < 1.29 is 5.11 Å². The van der Waals surface area contributed by atoms with Gasteiger partial charge in [-0.2, -0.15) is 0 Å². The maximum absolute atomic E-state index is 9.08. The number of aliphatic hydroxyl groups is 1. The monoisotopic (exact) mass is 110 g/mol. The topological polar surface area (TPSA) is 20.2 Å². The summed E-state index contributed by atoms with van der Waals surface area (Å²) in [6, 6.07) is 0. The van der Waals surface area contributed by atoms with Crippen LogP contribution >= 0.6 is 0 Å². The van der Waals surface area contributed by atoms with Gasteiger partial charge in [-0.3, -0.25) is 0 Å². The molecule has 0 saturated heterocycles. The Morgan fingerprint density at radius 2 is 2.38 bits per heavy atom. The summed E-state index contributed by atoms with van der Waals surface area (Å²) in [5.74, 6) is 1.35. The van der Waals surface area contributed by atoms with Crippen LogP contribution in [0.1, 0.15) is 12.8 Å². The third-order valence-corrected chi connectivity index (χ3v) is 2.35. The van der Waals surface area contributed by atoms with Crippen LogP contribution in [0, 0.1) is 11.8 Å². The average Bonchev–Trinajstić information content (AvgIpc) is 2.09. The lowest BCUT2D eigenvalue weighted by atomic mass is 9.73. The Kier molecular flexibility index (Phi) is 0.770. The van der Waals surface area contributed by atoms with E-state index in [2.05, 4.69) is 12.2 Å². The summed E-state index contributed by atoms with van der Waals surface area (Å²) in [7, 11) is 0. The van der Waals surface area contributed by atoms with Crippen LogP contribution < -0.4 is 0 Å². The van der Waals surface area contributed by atoms with Gasteiger partial charge in [-0.1, -0.05) is 12.2 Å². The Morgan fingerprint density at radius 1 is 1.50 bits per heavy atom. The van der Waals surface area contributed by atoms with Crippen molar-refractivity contribution in [2.24, 2.45) is 11.8 Å². The number of rotatable bonds is 0. The molecule has 2 rings (SSSR count). The van der Waals surface area contributed by atoms with Crippen LogP contribution in [0.4, 0.5) is 0 Å². The molecule has 1 saturated carbocycles. The van der Waals surface area contributed by atoms with Crippen LogP contribution in [0.15, 0.2) is 12.2 Å². The first-order valence-corrected chi connectivity index (χ1v) is 3.22. The summed E-state index contributed by atoms with van der Waals surface area (Å²) in [5.41, 5.74) is 0. The van der Waals surface area contributed by atoms with E-state index in [1.165, 1.54) is 0 Å². The van der Waals surface area contributed by atoms with E-state index in [4.69, 9.17) is 5.11 Å². The summed E-state index contributed by atoms with van der Waals surface area (Å²) in [5, 5.41) is 9.08. The number of hydrogen-bond acceptors (Lipinski definition) is 1. The zero-order valence-corrected chi connectivity index (χ0v) is 4.75. The second-order valence-corrected chi connectivity index (χ2v) is 2.79. The summed E-state index contributed by atoms with van der Waals surface area (Å²) < 4.78 is 0. The fraction of sp³-hybridized carbons (Fsp3) is 0.714. The molecule has 2 aliphatic carbocycles. The smallest absolute Gasteiger partial charge is 0.0582 e. The highest BCUT2D eigenvalue weighted by Crippen LogP contribution is 2.42. The van der Waals surface area contributed by atoms with E-state index in [9.17, 15) is 0 Å². The quantitative estimate of drug-likeness (QED) is 0.460. The van der Waals surface area contributed by atoms with Crippen LogP contribution in [-0.4, -0.2) is 11.2 Å². The molecule has 0 radical (unpaired) electrons. The van der Waals surface area contributed by atoms with E-state index in [-0.39, 0.29) is 6.10 Å². The minimum Gasteiger partial charge on any atom is -0.393 e. The molecule has 0 unspecified atom stereocenters. The van der Waals surface area contributed by atoms with Gasteiger partial charge in [0.15, 0.2) is 0 Å². The SMILES string of the molecule is O[C@H]1C[C@H]2C=CC[C@H]21. The fourth-order valence-electron chi connectivity index (χ4n) is 1.68. The van der Waals surface area contributed by atoms with Crippen molar-refractivity contribution in [1.82, 2.24) is 0 Å². The Morgan fingerprint density at radius 3 is 2.88 bits per heavy atom. The van der Waals surface area contributed by atoms with Crippen LogP contribution in [0.3, 0.4) is 0 Å². The standard InChI is InChI=1S/C7H10O/c8-7-4-5-2-1-3-6(5)7/h1-2,5-8H,3-4H2/t5-,6-,7+/m1/s1. The molecule has 1 fully saturated rings. The molecule has 1 nitrogen and oxygen atoms in total. The molecule has 0 aromatic heterocycles. The molecule has 1 heteroatoms. The molecule has 2 aliphatic rings. The number of aliphatic hydroxyl groups excluding tert-OH is 1. The normalized spacial score (nSPS) is 50.9. The van der Waals surface area contributed by atoms with Crippen LogP contribution in [0.25, 0.3) is 0 Å². The molecule has 0 amide bonds. The second-order valence-electron chi connectivity index (χ2n) is 2.79. The zero-order valence-electron chi connectivity index (χ0n) is 4.75. The molecule has 0 aromatic carbocycles. The highest BCUT2D eigenvalue weighted by Gasteiger charge is 2.39. The van der Waals surface area contributed by atoms with Gasteiger partial charge in [-0.15, -0.1) is 0 Å². The fourth-order valence-corrected chi connectivity index (χ4v) is 1.68. The van der Waals surface area contributed by atoms with Gasteiger partial charge >= 0.3 is 0 Å².